The zero-order valence-electron chi connectivity index (χ0n) is 10.0. The lowest BCUT2D eigenvalue weighted by Crippen LogP contribution is -1.92. The quantitative estimate of drug-likeness (QED) is 0.857. The Labute approximate surface area is 99.9 Å². The number of ether oxygens (including phenoxy) is 1. The molecule has 86 valence electrons. The monoisotopic (exact) mass is 227 g/mol. The van der Waals surface area contributed by atoms with Crippen molar-refractivity contribution in [2.45, 2.75) is 13.8 Å². The van der Waals surface area contributed by atoms with E-state index in [1.54, 1.807) is 13.3 Å². The molecule has 1 aromatic heterocycles. The summed E-state index contributed by atoms with van der Waals surface area (Å²) in [5, 5.41) is 8.75. The Kier molecular flexibility index (Phi) is 2.84. The molecule has 0 amide bonds. The highest BCUT2D eigenvalue weighted by Gasteiger charge is 2.10. The van der Waals surface area contributed by atoms with Crippen LogP contribution in [0.15, 0.2) is 18.3 Å². The van der Waals surface area contributed by atoms with Crippen LogP contribution in [0.4, 0.5) is 0 Å². The van der Waals surface area contributed by atoms with Crippen LogP contribution in [0.2, 0.25) is 0 Å². The average Bonchev–Trinajstić information content (AvgIpc) is 2.80. The van der Waals surface area contributed by atoms with Crippen LogP contribution >= 0.6 is 0 Å². The summed E-state index contributed by atoms with van der Waals surface area (Å²) in [5.41, 5.74) is 4.06. The number of aryl methyl sites for hydroxylation is 2. The number of aromatic amines is 1. The molecule has 17 heavy (non-hydrogen) atoms. The molecule has 0 bridgehead atoms. The van der Waals surface area contributed by atoms with Crippen molar-refractivity contribution in [2.24, 2.45) is 0 Å². The van der Waals surface area contributed by atoms with E-state index in [1.165, 1.54) is 11.1 Å². The highest BCUT2D eigenvalue weighted by Crippen LogP contribution is 2.31. The van der Waals surface area contributed by atoms with Crippen molar-refractivity contribution in [1.82, 2.24) is 9.97 Å². The zero-order chi connectivity index (χ0) is 12.4. The minimum atomic E-state index is 0.306. The van der Waals surface area contributed by atoms with Crippen molar-refractivity contribution in [2.75, 3.05) is 7.11 Å². The maximum absolute atomic E-state index is 8.75. The van der Waals surface area contributed by atoms with Crippen LogP contribution in [0, 0.1) is 25.2 Å². The van der Waals surface area contributed by atoms with Crippen LogP contribution in [0.3, 0.4) is 0 Å². The third kappa shape index (κ3) is 2.00. The van der Waals surface area contributed by atoms with E-state index in [0.717, 1.165) is 17.0 Å². The number of benzene rings is 1. The Morgan fingerprint density at radius 1 is 1.29 bits per heavy atom. The third-order valence-electron chi connectivity index (χ3n) is 2.79. The van der Waals surface area contributed by atoms with Gasteiger partial charge >= 0.3 is 0 Å². The summed E-state index contributed by atoms with van der Waals surface area (Å²) in [6.45, 7) is 4.08. The topological polar surface area (TPSA) is 61.7 Å². The fourth-order valence-corrected chi connectivity index (χ4v) is 1.68. The molecule has 1 N–H and O–H groups in total. The molecule has 4 heteroatoms. The predicted molar refractivity (Wildman–Crippen MR) is 64.8 cm³/mol. The largest absolute Gasteiger partial charge is 0.496 e. The molecule has 0 aliphatic carbocycles. The van der Waals surface area contributed by atoms with E-state index in [2.05, 4.69) is 9.97 Å². The van der Waals surface area contributed by atoms with Crippen LogP contribution in [-0.2, 0) is 0 Å². The number of hydrogen-bond donors (Lipinski definition) is 1. The lowest BCUT2D eigenvalue weighted by molar-refractivity contribution is 0.416. The number of nitrogens with zero attached hydrogens (tertiary/aromatic N) is 2. The Hall–Kier alpha value is -2.28. The van der Waals surface area contributed by atoms with Crippen LogP contribution in [-0.4, -0.2) is 17.1 Å². The molecule has 0 unspecified atom stereocenters. The van der Waals surface area contributed by atoms with Gasteiger partial charge < -0.3 is 9.72 Å². The number of aromatic nitrogens is 2. The maximum atomic E-state index is 8.75. The second kappa shape index (κ2) is 4.30. The molecule has 2 rings (SSSR count). The van der Waals surface area contributed by atoms with Crippen molar-refractivity contribution in [3.8, 4) is 23.1 Å². The fraction of sp³-hybridized carbons (Fsp3) is 0.231. The van der Waals surface area contributed by atoms with Gasteiger partial charge in [0.2, 0.25) is 5.82 Å². The summed E-state index contributed by atoms with van der Waals surface area (Å²) in [5.74, 6) is 1.08. The summed E-state index contributed by atoms with van der Waals surface area (Å²) in [6.07, 6.45) is 1.64. The van der Waals surface area contributed by atoms with Crippen molar-refractivity contribution < 1.29 is 4.74 Å². The smallest absolute Gasteiger partial charge is 0.210 e. The number of nitriles is 1. The highest BCUT2D eigenvalue weighted by molar-refractivity contribution is 5.69. The summed E-state index contributed by atoms with van der Waals surface area (Å²) in [7, 11) is 1.63. The molecule has 0 spiro atoms. The Morgan fingerprint density at radius 2 is 2.00 bits per heavy atom. The van der Waals surface area contributed by atoms with Gasteiger partial charge in [0.1, 0.15) is 11.8 Å². The van der Waals surface area contributed by atoms with Gasteiger partial charge in [-0.05, 0) is 37.1 Å². The minimum Gasteiger partial charge on any atom is -0.496 e. The summed E-state index contributed by atoms with van der Waals surface area (Å²) in [4.78, 5) is 6.91. The number of nitrogens with one attached hydrogen (secondary N) is 1. The van der Waals surface area contributed by atoms with E-state index in [9.17, 15) is 0 Å². The van der Waals surface area contributed by atoms with E-state index < -0.39 is 0 Å². The summed E-state index contributed by atoms with van der Waals surface area (Å²) < 4.78 is 5.35. The first-order valence-corrected chi connectivity index (χ1v) is 5.26. The van der Waals surface area contributed by atoms with Crippen molar-refractivity contribution in [3.63, 3.8) is 0 Å². The number of hydrogen-bond acceptors (Lipinski definition) is 3. The number of methoxy groups -OCH3 is 1. The van der Waals surface area contributed by atoms with Crippen molar-refractivity contribution in [1.29, 1.82) is 5.26 Å². The van der Waals surface area contributed by atoms with Gasteiger partial charge in [0, 0.05) is 5.56 Å². The standard InChI is InChI=1S/C13H13N3O/c1-8-4-10(12(17-3)5-9(8)2)11-7-15-13(6-14)16-11/h4-5,7H,1-3H3,(H,15,16). The first-order valence-electron chi connectivity index (χ1n) is 5.26. The molecule has 2 aromatic rings. The van der Waals surface area contributed by atoms with E-state index in [0.29, 0.717) is 5.82 Å². The van der Waals surface area contributed by atoms with Gasteiger partial charge in [0.15, 0.2) is 0 Å². The van der Waals surface area contributed by atoms with Gasteiger partial charge in [0.05, 0.1) is 19.0 Å². The second-order valence-corrected chi connectivity index (χ2v) is 3.89. The Bertz CT molecular complexity index is 593. The molecule has 0 radical (unpaired) electrons. The van der Waals surface area contributed by atoms with Crippen LogP contribution < -0.4 is 4.74 Å². The van der Waals surface area contributed by atoms with E-state index in [-0.39, 0.29) is 0 Å². The van der Waals surface area contributed by atoms with Gasteiger partial charge in [0.25, 0.3) is 0 Å². The lowest BCUT2D eigenvalue weighted by Gasteiger charge is -2.10. The van der Waals surface area contributed by atoms with Crippen LogP contribution in [0.1, 0.15) is 17.0 Å². The van der Waals surface area contributed by atoms with Gasteiger partial charge in [-0.3, -0.25) is 0 Å². The van der Waals surface area contributed by atoms with Gasteiger partial charge in [-0.2, -0.15) is 5.26 Å². The van der Waals surface area contributed by atoms with Gasteiger partial charge in [-0.15, -0.1) is 0 Å². The second-order valence-electron chi connectivity index (χ2n) is 3.89. The van der Waals surface area contributed by atoms with Crippen LogP contribution in [0.25, 0.3) is 11.3 Å². The normalized spacial score (nSPS) is 10.0. The lowest BCUT2D eigenvalue weighted by atomic mass is 10.0. The minimum absolute atomic E-state index is 0.306. The predicted octanol–water partition coefficient (Wildman–Crippen LogP) is 2.57. The van der Waals surface area contributed by atoms with E-state index >= 15 is 0 Å². The summed E-state index contributed by atoms with van der Waals surface area (Å²) >= 11 is 0. The fourth-order valence-electron chi connectivity index (χ4n) is 1.68. The first-order chi connectivity index (χ1) is 8.15. The Morgan fingerprint density at radius 3 is 2.59 bits per heavy atom. The molecule has 0 fully saturated rings. The van der Waals surface area contributed by atoms with Gasteiger partial charge in [-0.1, -0.05) is 0 Å². The third-order valence-corrected chi connectivity index (χ3v) is 2.79. The first kappa shape index (κ1) is 11.2. The zero-order valence-corrected chi connectivity index (χ0v) is 10.0. The SMILES string of the molecule is COc1cc(C)c(C)cc1-c1cnc(C#N)[nH]1. The van der Waals surface area contributed by atoms with Crippen molar-refractivity contribution in [3.05, 3.63) is 35.3 Å². The molecular weight excluding hydrogens is 214 g/mol. The molecule has 0 aliphatic rings. The molecule has 0 atom stereocenters. The number of rotatable bonds is 2. The molecule has 0 saturated carbocycles. The average molecular weight is 227 g/mol. The number of imidazole rings is 1. The molecular formula is C13H13N3O. The highest BCUT2D eigenvalue weighted by atomic mass is 16.5. The molecule has 0 aliphatic heterocycles. The van der Waals surface area contributed by atoms with E-state index in [1.807, 2.05) is 32.0 Å². The van der Waals surface area contributed by atoms with Gasteiger partial charge in [-0.25, -0.2) is 4.98 Å². The maximum Gasteiger partial charge on any atom is 0.210 e. The van der Waals surface area contributed by atoms with Crippen molar-refractivity contribution >= 4 is 0 Å². The van der Waals surface area contributed by atoms with Crippen LogP contribution in [0.5, 0.6) is 5.75 Å². The molecule has 4 nitrogen and oxygen atoms in total. The number of H-pyrrole nitrogens is 1. The molecule has 1 aromatic carbocycles. The van der Waals surface area contributed by atoms with E-state index in [4.69, 9.17) is 10.00 Å². The molecule has 0 saturated heterocycles. The summed E-state index contributed by atoms with van der Waals surface area (Å²) in [6, 6.07) is 5.99. The Balaban J connectivity index is 2.58. The molecule has 1 heterocycles.